The van der Waals surface area contributed by atoms with Crippen molar-refractivity contribution in [2.45, 2.75) is 51.9 Å². The van der Waals surface area contributed by atoms with Gasteiger partial charge >= 0.3 is 19.9 Å². The number of benzene rings is 1. The number of aromatic nitrogens is 2. The molecule has 2 aromatic rings. The van der Waals surface area contributed by atoms with Crippen LogP contribution in [0.15, 0.2) is 41.7 Å². The normalized spacial score (nSPS) is 25.0. The number of aliphatic imine (C=N–C) groups is 2. The van der Waals surface area contributed by atoms with E-state index < -0.39 is 39.3 Å². The van der Waals surface area contributed by atoms with Crippen molar-refractivity contribution in [3.05, 3.63) is 47.9 Å². The molecule has 1 unspecified atom stereocenters. The smallest absolute Gasteiger partial charge is 0.499 e. The molecule has 37 heavy (non-hydrogen) atoms. The fraction of sp³-hybridized carbons (Fsp3) is 0.522. The van der Waals surface area contributed by atoms with Gasteiger partial charge in [-0.05, 0) is 26.3 Å². The van der Waals surface area contributed by atoms with Crippen molar-refractivity contribution in [1.29, 1.82) is 0 Å². The Morgan fingerprint density at radius 2 is 1.84 bits per heavy atom. The minimum atomic E-state index is -4.26. The second-order valence-corrected chi connectivity index (χ2v) is 10.1. The fourth-order valence-corrected chi connectivity index (χ4v) is 5.71. The standard InChI is InChI=1S/C23H33N5O8P/c1-4-28(5-2,6-3)36-37(32,33-13-16-10-8-7-9-11-16)35-22-18-21(24-14-25-22)27(15-26-18)23-20(31)19(30)17(12-29)34-23/h7-11,14-15,17,19-20,23,29-31H,4-6,12-13H2,1-3H3/q+2/t17-,19-,20-,23-,37?/m1/s1. The van der Waals surface area contributed by atoms with E-state index in [9.17, 15) is 20.2 Å². The minimum Gasteiger partial charge on any atom is -0.594 e. The first-order chi connectivity index (χ1) is 17.8. The average molecular weight is 539 g/mol. The summed E-state index contributed by atoms with van der Waals surface area (Å²) < 4.78 is 24.7. The van der Waals surface area contributed by atoms with Gasteiger partial charge < -0.3 is 24.9 Å². The van der Waals surface area contributed by atoms with Crippen LogP contribution in [0.1, 0.15) is 38.3 Å². The molecular weight excluding hydrogens is 505 g/mol. The average Bonchev–Trinajstić information content (AvgIpc) is 3.48. The number of aliphatic hydroxyl groups is 3. The number of rotatable bonds is 11. The number of quaternary nitrogens is 1. The summed E-state index contributed by atoms with van der Waals surface area (Å²) in [6.45, 7) is 6.81. The Morgan fingerprint density at radius 1 is 1.14 bits per heavy atom. The van der Waals surface area contributed by atoms with Crippen LogP contribution in [0.4, 0.5) is 5.82 Å². The van der Waals surface area contributed by atoms with Crippen molar-refractivity contribution >= 4 is 26.2 Å². The Kier molecular flexibility index (Phi) is 8.69. The number of imidazole rings is 1. The first-order valence-electron chi connectivity index (χ1n) is 12.1. The van der Waals surface area contributed by atoms with Crippen LogP contribution in [-0.4, -0.2) is 86.3 Å². The molecule has 1 aromatic heterocycles. The van der Waals surface area contributed by atoms with E-state index in [0.29, 0.717) is 19.6 Å². The van der Waals surface area contributed by atoms with Gasteiger partial charge in [0.15, 0.2) is 6.33 Å². The molecule has 2 aliphatic rings. The van der Waals surface area contributed by atoms with E-state index >= 15 is 0 Å². The lowest BCUT2D eigenvalue weighted by molar-refractivity contribution is -1.08. The van der Waals surface area contributed by atoms with Gasteiger partial charge in [-0.3, -0.25) is 0 Å². The van der Waals surface area contributed by atoms with E-state index in [-0.39, 0.29) is 28.7 Å². The third-order valence-electron chi connectivity index (χ3n) is 6.55. The van der Waals surface area contributed by atoms with Crippen molar-refractivity contribution in [1.82, 2.24) is 14.5 Å². The summed E-state index contributed by atoms with van der Waals surface area (Å²) >= 11 is 0. The van der Waals surface area contributed by atoms with Crippen LogP contribution in [0.2, 0.25) is 0 Å². The minimum absolute atomic E-state index is 0.0251. The number of hydroxylamine groups is 3. The summed E-state index contributed by atoms with van der Waals surface area (Å²) in [5.41, 5.74) is 0.897. The van der Waals surface area contributed by atoms with Gasteiger partial charge in [-0.1, -0.05) is 40.3 Å². The first-order valence-corrected chi connectivity index (χ1v) is 13.6. The zero-order valence-electron chi connectivity index (χ0n) is 21.0. The Labute approximate surface area is 215 Å². The maximum atomic E-state index is 14.0. The molecule has 4 rings (SSSR count). The third kappa shape index (κ3) is 5.75. The van der Waals surface area contributed by atoms with Gasteiger partial charge in [0.2, 0.25) is 11.9 Å². The molecule has 201 valence electrons. The number of nitrogens with zero attached hydrogens (tertiary/aromatic N) is 5. The summed E-state index contributed by atoms with van der Waals surface area (Å²) in [6.07, 6.45) is -2.17. The van der Waals surface area contributed by atoms with E-state index in [1.807, 2.05) is 51.1 Å². The molecule has 1 aromatic carbocycles. The molecule has 5 atom stereocenters. The topological polar surface area (TPSA) is 165 Å². The summed E-state index contributed by atoms with van der Waals surface area (Å²) in [5.74, 6) is 0.0463. The lowest BCUT2D eigenvalue weighted by Gasteiger charge is -2.34. The Hall–Kier alpha value is -2.32. The van der Waals surface area contributed by atoms with Gasteiger partial charge in [0.25, 0.3) is 6.34 Å². The summed E-state index contributed by atoms with van der Waals surface area (Å²) in [6, 6.07) is 9.21. The molecule has 13 nitrogen and oxygen atoms in total. The molecule has 0 spiro atoms. The molecule has 3 heterocycles. The quantitative estimate of drug-likeness (QED) is 0.208. The van der Waals surface area contributed by atoms with Crippen LogP contribution in [-0.2, 0) is 25.0 Å². The highest BCUT2D eigenvalue weighted by Gasteiger charge is 2.51. The third-order valence-corrected chi connectivity index (χ3v) is 7.94. The number of ether oxygens (including phenoxy) is 1. The lowest BCUT2D eigenvalue weighted by Crippen LogP contribution is -2.49. The lowest BCUT2D eigenvalue weighted by atomic mass is 10.1. The Bertz CT molecular complexity index is 1100. The molecule has 1 fully saturated rings. The summed E-state index contributed by atoms with van der Waals surface area (Å²) in [7, 11) is -4.26. The Morgan fingerprint density at radius 3 is 2.46 bits per heavy atom. The monoisotopic (exact) mass is 538 g/mol. The summed E-state index contributed by atoms with van der Waals surface area (Å²) in [5, 5.41) is 30.0. The molecular formula is C23H33N5O8P+2. The molecule has 0 amide bonds. The van der Waals surface area contributed by atoms with Crippen LogP contribution < -0.4 is 9.89 Å². The molecule has 0 bridgehead atoms. The van der Waals surface area contributed by atoms with Gasteiger partial charge in [-0.15, -0.1) is 4.65 Å². The molecule has 1 saturated heterocycles. The SMILES string of the molecule is CC[N+](CC)(CC)O[P+]([O-])(OCc1ccccc1)OC1=NC=[N+]c2c1ncn2[C@@H]1O[C@H](CO)[C@@H](O)[C@H]1O. The fourth-order valence-electron chi connectivity index (χ4n) is 4.15. The maximum Gasteiger partial charge on any atom is 0.499 e. The number of aliphatic hydroxyl groups excluding tert-OH is 3. The molecule has 2 aliphatic heterocycles. The number of hydrogen-bond acceptors (Lipinski definition) is 11. The highest BCUT2D eigenvalue weighted by molar-refractivity contribution is 7.54. The molecule has 3 N–H and O–H groups in total. The summed E-state index contributed by atoms with van der Waals surface area (Å²) in [4.78, 5) is 26.6. The van der Waals surface area contributed by atoms with Gasteiger partial charge in [0.05, 0.1) is 6.61 Å². The van der Waals surface area contributed by atoms with Crippen molar-refractivity contribution in [3.63, 3.8) is 0 Å². The van der Waals surface area contributed by atoms with Crippen LogP contribution in [0.25, 0.3) is 0 Å². The van der Waals surface area contributed by atoms with E-state index in [0.717, 1.165) is 5.56 Å². The van der Waals surface area contributed by atoms with Crippen LogP contribution in [0.3, 0.4) is 0 Å². The predicted molar refractivity (Wildman–Crippen MR) is 132 cm³/mol. The van der Waals surface area contributed by atoms with Gasteiger partial charge in [-0.25, -0.2) is 14.1 Å². The van der Waals surface area contributed by atoms with Crippen LogP contribution in [0, 0.1) is 0 Å². The zero-order valence-corrected chi connectivity index (χ0v) is 21.8. The number of phosphoric acid groups is 1. The largest absolute Gasteiger partial charge is 0.594 e. The van der Waals surface area contributed by atoms with Crippen LogP contribution >= 0.6 is 8.17 Å². The van der Waals surface area contributed by atoms with E-state index in [2.05, 4.69) is 15.0 Å². The van der Waals surface area contributed by atoms with Gasteiger partial charge in [0, 0.05) is 4.62 Å². The Balaban J connectivity index is 1.61. The van der Waals surface area contributed by atoms with Crippen molar-refractivity contribution in [2.24, 2.45) is 4.99 Å². The van der Waals surface area contributed by atoms with Crippen molar-refractivity contribution in [3.8, 4) is 0 Å². The van der Waals surface area contributed by atoms with E-state index in [1.54, 1.807) is 0 Å². The van der Waals surface area contributed by atoms with E-state index in [4.69, 9.17) is 18.4 Å². The van der Waals surface area contributed by atoms with Crippen LogP contribution in [0.5, 0.6) is 0 Å². The zero-order chi connectivity index (χ0) is 26.6. The van der Waals surface area contributed by atoms with Crippen molar-refractivity contribution < 1.29 is 43.3 Å². The number of hydrogen-bond donors (Lipinski definition) is 3. The van der Waals surface area contributed by atoms with Crippen molar-refractivity contribution in [2.75, 3.05) is 26.2 Å². The first kappa shape index (κ1) is 27.7. The predicted octanol–water partition coefficient (Wildman–Crippen LogP) is 0.330. The molecule has 0 saturated carbocycles. The molecule has 1 radical (unpaired) electrons. The number of phosphoric ester groups is 1. The van der Waals surface area contributed by atoms with E-state index in [1.165, 1.54) is 17.2 Å². The highest BCUT2D eigenvalue weighted by Crippen LogP contribution is 2.57. The van der Waals surface area contributed by atoms with Gasteiger partial charge in [-0.2, -0.15) is 4.52 Å². The second-order valence-electron chi connectivity index (χ2n) is 8.62. The molecule has 14 heteroatoms. The maximum absolute atomic E-state index is 14.0. The number of fused-ring (bicyclic) bond motifs is 1. The molecule has 0 aliphatic carbocycles. The highest BCUT2D eigenvalue weighted by atomic mass is 31.2. The van der Waals surface area contributed by atoms with Gasteiger partial charge in [0.1, 0.15) is 44.6 Å². The second kappa shape index (κ2) is 11.6.